The summed E-state index contributed by atoms with van der Waals surface area (Å²) < 4.78 is 34.8. The van der Waals surface area contributed by atoms with Gasteiger partial charge in [-0.05, 0) is 49.2 Å². The molecule has 0 aliphatic carbocycles. The van der Waals surface area contributed by atoms with Crippen LogP contribution in [0.3, 0.4) is 0 Å². The van der Waals surface area contributed by atoms with Crippen molar-refractivity contribution in [2.75, 3.05) is 31.6 Å². The highest BCUT2D eigenvalue weighted by Crippen LogP contribution is 2.24. The van der Waals surface area contributed by atoms with Crippen LogP contribution < -0.4 is 5.32 Å². The first-order chi connectivity index (χ1) is 15.9. The summed E-state index contributed by atoms with van der Waals surface area (Å²) in [5.41, 5.74) is 3.49. The lowest BCUT2D eigenvalue weighted by Gasteiger charge is -2.26. The highest BCUT2D eigenvalue weighted by atomic mass is 32.2. The zero-order valence-corrected chi connectivity index (χ0v) is 19.9. The molecule has 1 saturated heterocycles. The number of hydrogen-bond acceptors (Lipinski definition) is 5. The smallest absolute Gasteiger partial charge is 0.243 e. The predicted molar refractivity (Wildman–Crippen MR) is 128 cm³/mol. The molecule has 1 N–H and O–H groups in total. The zero-order chi connectivity index (χ0) is 23.4. The normalized spacial score (nSPS) is 15.1. The van der Waals surface area contributed by atoms with Crippen LogP contribution in [-0.4, -0.2) is 54.5 Å². The van der Waals surface area contributed by atoms with Gasteiger partial charge in [0.15, 0.2) is 0 Å². The maximum atomic E-state index is 13.0. The minimum atomic E-state index is -3.59. The van der Waals surface area contributed by atoms with Gasteiger partial charge in [0, 0.05) is 38.2 Å². The number of aryl methyl sites for hydroxylation is 3. The number of hydrogen-bond donors (Lipinski definition) is 1. The van der Waals surface area contributed by atoms with Gasteiger partial charge in [-0.2, -0.15) is 4.31 Å². The van der Waals surface area contributed by atoms with Crippen molar-refractivity contribution in [3.8, 4) is 0 Å². The SMILES string of the molecule is CCc1ccc(NC(=O)CCc2nc3cc(S(=O)(=O)N4CCOCC4)ccc3n2CC)cc1. The zero-order valence-electron chi connectivity index (χ0n) is 19.1. The van der Waals surface area contributed by atoms with Gasteiger partial charge in [0.1, 0.15) is 5.82 Å². The molecule has 2 aromatic carbocycles. The highest BCUT2D eigenvalue weighted by Gasteiger charge is 2.27. The molecule has 1 fully saturated rings. The molecular formula is C24H30N4O4S. The fourth-order valence-corrected chi connectivity index (χ4v) is 5.50. The van der Waals surface area contributed by atoms with Crippen molar-refractivity contribution >= 4 is 32.7 Å². The average molecular weight is 471 g/mol. The van der Waals surface area contributed by atoms with E-state index in [9.17, 15) is 13.2 Å². The molecule has 3 aromatic rings. The molecule has 8 nitrogen and oxygen atoms in total. The number of nitrogens with one attached hydrogen (secondary N) is 1. The van der Waals surface area contributed by atoms with E-state index in [2.05, 4.69) is 17.2 Å². The number of anilines is 1. The molecule has 33 heavy (non-hydrogen) atoms. The monoisotopic (exact) mass is 470 g/mol. The van der Waals surface area contributed by atoms with Crippen molar-refractivity contribution in [3.05, 3.63) is 53.9 Å². The molecule has 0 bridgehead atoms. The third-order valence-electron chi connectivity index (χ3n) is 5.94. The Balaban J connectivity index is 1.49. The van der Waals surface area contributed by atoms with Gasteiger partial charge in [-0.25, -0.2) is 13.4 Å². The molecule has 0 saturated carbocycles. The molecule has 176 valence electrons. The maximum Gasteiger partial charge on any atom is 0.243 e. The lowest BCUT2D eigenvalue weighted by Crippen LogP contribution is -2.40. The number of morpholine rings is 1. The van der Waals surface area contributed by atoms with E-state index in [1.807, 2.05) is 35.8 Å². The Morgan fingerprint density at radius 1 is 1.09 bits per heavy atom. The summed E-state index contributed by atoms with van der Waals surface area (Å²) in [7, 11) is -3.59. The quantitative estimate of drug-likeness (QED) is 0.546. The maximum absolute atomic E-state index is 13.0. The number of sulfonamides is 1. The summed E-state index contributed by atoms with van der Waals surface area (Å²) in [6.45, 7) is 6.30. The number of carbonyl (C=O) groups excluding carboxylic acids is 1. The number of amides is 1. The molecule has 0 unspecified atom stereocenters. The third-order valence-corrected chi connectivity index (χ3v) is 7.84. The van der Waals surface area contributed by atoms with Crippen molar-refractivity contribution in [1.29, 1.82) is 0 Å². The largest absolute Gasteiger partial charge is 0.379 e. The highest BCUT2D eigenvalue weighted by molar-refractivity contribution is 7.89. The Hall–Kier alpha value is -2.75. The first-order valence-corrected chi connectivity index (χ1v) is 12.8. The van der Waals surface area contributed by atoms with Crippen LogP contribution in [0.1, 0.15) is 31.7 Å². The Bertz CT molecular complexity index is 1230. The van der Waals surface area contributed by atoms with E-state index in [0.29, 0.717) is 44.8 Å². The molecule has 9 heteroatoms. The van der Waals surface area contributed by atoms with Crippen LogP contribution in [0.5, 0.6) is 0 Å². The second kappa shape index (κ2) is 10.0. The molecule has 2 heterocycles. The number of ether oxygens (including phenoxy) is 1. The molecular weight excluding hydrogens is 440 g/mol. The van der Waals surface area contributed by atoms with E-state index >= 15 is 0 Å². The number of carbonyl (C=O) groups is 1. The molecule has 0 spiro atoms. The van der Waals surface area contributed by atoms with E-state index in [4.69, 9.17) is 4.74 Å². The molecule has 1 aliphatic rings. The fourth-order valence-electron chi connectivity index (χ4n) is 4.07. The second-order valence-corrected chi connectivity index (χ2v) is 9.98. The summed E-state index contributed by atoms with van der Waals surface area (Å²) >= 11 is 0. The van der Waals surface area contributed by atoms with Gasteiger partial charge in [0.05, 0.1) is 29.1 Å². The lowest BCUT2D eigenvalue weighted by molar-refractivity contribution is -0.116. The second-order valence-electron chi connectivity index (χ2n) is 8.04. The van der Waals surface area contributed by atoms with E-state index in [-0.39, 0.29) is 17.2 Å². The summed E-state index contributed by atoms with van der Waals surface area (Å²) in [5, 5.41) is 2.93. The molecule has 1 aliphatic heterocycles. The van der Waals surface area contributed by atoms with Crippen molar-refractivity contribution < 1.29 is 17.9 Å². The average Bonchev–Trinajstić information content (AvgIpc) is 3.20. The summed E-state index contributed by atoms with van der Waals surface area (Å²) in [6.07, 6.45) is 1.71. The Morgan fingerprint density at radius 3 is 2.48 bits per heavy atom. The van der Waals surface area contributed by atoms with Crippen LogP contribution in [-0.2, 0) is 38.9 Å². The minimum Gasteiger partial charge on any atom is -0.379 e. The molecule has 4 rings (SSSR count). The van der Waals surface area contributed by atoms with Gasteiger partial charge in [0.25, 0.3) is 0 Å². The topological polar surface area (TPSA) is 93.5 Å². The Morgan fingerprint density at radius 2 is 1.82 bits per heavy atom. The van der Waals surface area contributed by atoms with E-state index < -0.39 is 10.0 Å². The first-order valence-electron chi connectivity index (χ1n) is 11.4. The van der Waals surface area contributed by atoms with Crippen LogP contribution >= 0.6 is 0 Å². The fraction of sp³-hybridized carbons (Fsp3) is 0.417. The predicted octanol–water partition coefficient (Wildman–Crippen LogP) is 3.21. The van der Waals surface area contributed by atoms with Crippen molar-refractivity contribution in [1.82, 2.24) is 13.9 Å². The number of fused-ring (bicyclic) bond motifs is 1. The van der Waals surface area contributed by atoms with E-state index in [0.717, 1.165) is 23.4 Å². The Kier molecular flexibility index (Phi) is 7.11. The van der Waals surface area contributed by atoms with Crippen molar-refractivity contribution in [2.24, 2.45) is 0 Å². The number of nitrogens with zero attached hydrogens (tertiary/aromatic N) is 3. The van der Waals surface area contributed by atoms with Crippen LogP contribution in [0.15, 0.2) is 47.4 Å². The standard InChI is InChI=1S/C24H30N4O4S/c1-3-18-5-7-19(8-6-18)25-24(29)12-11-23-26-21-17-20(9-10-22(21)28(23)4-2)33(30,31)27-13-15-32-16-14-27/h5-10,17H,3-4,11-16H2,1-2H3,(H,25,29). The van der Waals surface area contributed by atoms with Crippen LogP contribution in [0.25, 0.3) is 11.0 Å². The summed E-state index contributed by atoms with van der Waals surface area (Å²) in [6, 6.07) is 12.9. The molecule has 0 radical (unpaired) electrons. The van der Waals surface area contributed by atoms with E-state index in [1.165, 1.54) is 9.87 Å². The lowest BCUT2D eigenvalue weighted by atomic mass is 10.1. The van der Waals surface area contributed by atoms with Crippen LogP contribution in [0.4, 0.5) is 5.69 Å². The summed E-state index contributed by atoms with van der Waals surface area (Å²) in [5.74, 6) is 0.689. The number of aromatic nitrogens is 2. The van der Waals surface area contributed by atoms with Gasteiger partial charge in [-0.3, -0.25) is 4.79 Å². The molecule has 0 atom stereocenters. The van der Waals surface area contributed by atoms with Gasteiger partial charge < -0.3 is 14.6 Å². The van der Waals surface area contributed by atoms with Crippen molar-refractivity contribution in [2.45, 2.75) is 44.6 Å². The van der Waals surface area contributed by atoms with Gasteiger partial charge >= 0.3 is 0 Å². The van der Waals surface area contributed by atoms with Gasteiger partial charge in [0.2, 0.25) is 15.9 Å². The van der Waals surface area contributed by atoms with Crippen LogP contribution in [0, 0.1) is 0 Å². The van der Waals surface area contributed by atoms with E-state index in [1.54, 1.807) is 18.2 Å². The first kappa shape index (κ1) is 23.4. The number of imidazole rings is 1. The Labute approximate surface area is 194 Å². The minimum absolute atomic E-state index is 0.0791. The van der Waals surface area contributed by atoms with Gasteiger partial charge in [-0.1, -0.05) is 19.1 Å². The van der Waals surface area contributed by atoms with Crippen LogP contribution in [0.2, 0.25) is 0 Å². The summed E-state index contributed by atoms with van der Waals surface area (Å²) in [4.78, 5) is 17.4. The molecule has 1 amide bonds. The van der Waals surface area contributed by atoms with Crippen molar-refractivity contribution in [3.63, 3.8) is 0 Å². The number of benzene rings is 2. The van der Waals surface area contributed by atoms with Gasteiger partial charge in [-0.15, -0.1) is 0 Å². The number of rotatable bonds is 8. The third kappa shape index (κ3) is 5.10. The molecule has 1 aromatic heterocycles.